The molecule has 0 aliphatic heterocycles. The molecule has 0 bridgehead atoms. The summed E-state index contributed by atoms with van der Waals surface area (Å²) < 4.78 is 0. The van der Waals surface area contributed by atoms with Gasteiger partial charge in [0.15, 0.2) is 0 Å². The van der Waals surface area contributed by atoms with E-state index in [9.17, 15) is 0 Å². The van der Waals surface area contributed by atoms with Crippen molar-refractivity contribution in [1.82, 2.24) is 15.3 Å². The Balaban J connectivity index is 2.75. The van der Waals surface area contributed by atoms with E-state index in [-0.39, 0.29) is 5.41 Å². The third-order valence-corrected chi connectivity index (χ3v) is 3.25. The second-order valence-corrected chi connectivity index (χ2v) is 6.66. The maximum absolute atomic E-state index is 4.69. The molecule has 0 saturated carbocycles. The summed E-state index contributed by atoms with van der Waals surface area (Å²) in [5.74, 6) is 0.951. The predicted molar refractivity (Wildman–Crippen MR) is 81.7 cm³/mol. The minimum Gasteiger partial charge on any atom is -0.315 e. The Morgan fingerprint density at radius 3 is 2.00 bits per heavy atom. The number of aromatic nitrogens is 2. The van der Waals surface area contributed by atoms with Gasteiger partial charge in [-0.15, -0.1) is 0 Å². The van der Waals surface area contributed by atoms with Crippen LogP contribution in [0.2, 0.25) is 0 Å². The molecule has 1 aromatic rings. The smallest absolute Gasteiger partial charge is 0.134 e. The average Bonchev–Trinajstić information content (AvgIpc) is 2.25. The molecule has 0 fully saturated rings. The summed E-state index contributed by atoms with van der Waals surface area (Å²) in [6.45, 7) is 16.1. The molecule has 1 N–H and O–H groups in total. The molecule has 0 spiro atoms. The van der Waals surface area contributed by atoms with Crippen LogP contribution in [0, 0.1) is 13.8 Å². The van der Waals surface area contributed by atoms with Crippen molar-refractivity contribution in [3.05, 3.63) is 22.8 Å². The monoisotopic (exact) mass is 263 g/mol. The molecule has 108 valence electrons. The summed E-state index contributed by atoms with van der Waals surface area (Å²) in [7, 11) is 0. The molecule has 3 heteroatoms. The topological polar surface area (TPSA) is 37.8 Å². The zero-order valence-electron chi connectivity index (χ0n) is 13.6. The second-order valence-electron chi connectivity index (χ2n) is 6.66. The predicted octanol–water partition coefficient (Wildman–Crippen LogP) is 3.32. The van der Waals surface area contributed by atoms with Gasteiger partial charge in [0.05, 0.1) is 0 Å². The first-order chi connectivity index (χ1) is 8.71. The Labute approximate surface area is 118 Å². The Morgan fingerprint density at radius 2 is 1.58 bits per heavy atom. The number of aryl methyl sites for hydroxylation is 2. The molecule has 0 unspecified atom stereocenters. The van der Waals surface area contributed by atoms with Gasteiger partial charge < -0.3 is 5.32 Å². The maximum Gasteiger partial charge on any atom is 0.134 e. The molecule has 1 rings (SSSR count). The normalized spacial score (nSPS) is 12.2. The van der Waals surface area contributed by atoms with E-state index in [4.69, 9.17) is 0 Å². The van der Waals surface area contributed by atoms with E-state index in [1.54, 1.807) is 0 Å². The molecule has 0 atom stereocenters. The third kappa shape index (κ3) is 4.90. The van der Waals surface area contributed by atoms with Crippen LogP contribution in [0.4, 0.5) is 0 Å². The number of hydrogen-bond donors (Lipinski definition) is 1. The number of nitrogens with one attached hydrogen (secondary N) is 1. The van der Waals surface area contributed by atoms with E-state index < -0.39 is 0 Å². The van der Waals surface area contributed by atoms with Gasteiger partial charge in [-0.2, -0.15) is 0 Å². The lowest BCUT2D eigenvalue weighted by Gasteiger charge is -2.19. The largest absolute Gasteiger partial charge is 0.315 e. The zero-order valence-corrected chi connectivity index (χ0v) is 13.6. The molecule has 1 aromatic heterocycles. The lowest BCUT2D eigenvalue weighted by atomic mass is 9.94. The van der Waals surface area contributed by atoms with Gasteiger partial charge >= 0.3 is 0 Å². The summed E-state index contributed by atoms with van der Waals surface area (Å²) in [6, 6.07) is 0.557. The Morgan fingerprint density at radius 1 is 1.05 bits per heavy atom. The zero-order chi connectivity index (χ0) is 14.6. The molecule has 0 amide bonds. The van der Waals surface area contributed by atoms with Crippen molar-refractivity contribution in [2.24, 2.45) is 0 Å². The van der Waals surface area contributed by atoms with E-state index in [1.807, 2.05) is 0 Å². The number of nitrogens with zero attached hydrogens (tertiary/aromatic N) is 2. The van der Waals surface area contributed by atoms with Gasteiger partial charge in [-0.1, -0.05) is 34.6 Å². The highest BCUT2D eigenvalue weighted by Gasteiger charge is 2.19. The van der Waals surface area contributed by atoms with E-state index in [0.29, 0.717) is 6.04 Å². The Kier molecular flexibility index (Phi) is 5.48. The quantitative estimate of drug-likeness (QED) is 0.828. The number of hydrogen-bond acceptors (Lipinski definition) is 3. The fourth-order valence-electron chi connectivity index (χ4n) is 2.09. The summed E-state index contributed by atoms with van der Waals surface area (Å²) in [5.41, 5.74) is 3.62. The summed E-state index contributed by atoms with van der Waals surface area (Å²) in [4.78, 5) is 9.38. The van der Waals surface area contributed by atoms with Crippen LogP contribution >= 0.6 is 0 Å². The molecular formula is C16H29N3. The van der Waals surface area contributed by atoms with Crippen LogP contribution < -0.4 is 5.32 Å². The molecule has 0 aliphatic rings. The standard InChI is InChI=1S/C16H29N3/c1-11(2)17-10-8-9-14-12(3)18-15(16(5,6)7)19-13(14)4/h11,17H,8-10H2,1-7H3. The highest BCUT2D eigenvalue weighted by Crippen LogP contribution is 2.21. The highest BCUT2D eigenvalue weighted by molar-refractivity contribution is 5.26. The second kappa shape index (κ2) is 6.47. The van der Waals surface area contributed by atoms with Crippen LogP contribution in [0.1, 0.15) is 63.8 Å². The van der Waals surface area contributed by atoms with Crippen molar-refractivity contribution in [1.29, 1.82) is 0 Å². The summed E-state index contributed by atoms with van der Waals surface area (Å²) in [5, 5.41) is 3.45. The molecule has 19 heavy (non-hydrogen) atoms. The Hall–Kier alpha value is -0.960. The van der Waals surface area contributed by atoms with E-state index >= 15 is 0 Å². The van der Waals surface area contributed by atoms with Gasteiger partial charge in [0, 0.05) is 22.8 Å². The summed E-state index contributed by atoms with van der Waals surface area (Å²) in [6.07, 6.45) is 2.19. The van der Waals surface area contributed by atoms with Crippen LogP contribution in [-0.2, 0) is 11.8 Å². The lowest BCUT2D eigenvalue weighted by Crippen LogP contribution is -2.24. The number of rotatable bonds is 5. The first kappa shape index (κ1) is 16.1. The lowest BCUT2D eigenvalue weighted by molar-refractivity contribution is 0.536. The fraction of sp³-hybridized carbons (Fsp3) is 0.750. The van der Waals surface area contributed by atoms with Gasteiger partial charge in [-0.05, 0) is 38.8 Å². The van der Waals surface area contributed by atoms with Crippen LogP contribution in [-0.4, -0.2) is 22.6 Å². The molecule has 0 aromatic carbocycles. The third-order valence-electron chi connectivity index (χ3n) is 3.25. The van der Waals surface area contributed by atoms with Crippen LogP contribution in [0.25, 0.3) is 0 Å². The van der Waals surface area contributed by atoms with Gasteiger partial charge in [-0.25, -0.2) is 9.97 Å². The average molecular weight is 263 g/mol. The fourth-order valence-corrected chi connectivity index (χ4v) is 2.09. The van der Waals surface area contributed by atoms with Gasteiger partial charge in [0.1, 0.15) is 5.82 Å². The van der Waals surface area contributed by atoms with E-state index in [0.717, 1.165) is 36.6 Å². The molecule has 0 saturated heterocycles. The van der Waals surface area contributed by atoms with Crippen LogP contribution in [0.3, 0.4) is 0 Å². The molecule has 1 heterocycles. The van der Waals surface area contributed by atoms with E-state index in [1.165, 1.54) is 5.56 Å². The molecule has 0 aliphatic carbocycles. The van der Waals surface area contributed by atoms with Crippen molar-refractivity contribution < 1.29 is 0 Å². The van der Waals surface area contributed by atoms with E-state index in [2.05, 4.69) is 63.8 Å². The van der Waals surface area contributed by atoms with Crippen LogP contribution in [0.15, 0.2) is 0 Å². The minimum atomic E-state index is 0.0211. The SMILES string of the molecule is Cc1nc(C(C)(C)C)nc(C)c1CCCNC(C)C. The van der Waals surface area contributed by atoms with Crippen molar-refractivity contribution in [3.8, 4) is 0 Å². The first-order valence-electron chi connectivity index (χ1n) is 7.29. The first-order valence-corrected chi connectivity index (χ1v) is 7.29. The maximum atomic E-state index is 4.69. The highest BCUT2D eigenvalue weighted by atomic mass is 14.9. The van der Waals surface area contributed by atoms with Gasteiger partial charge in [-0.3, -0.25) is 0 Å². The van der Waals surface area contributed by atoms with Gasteiger partial charge in [0.2, 0.25) is 0 Å². The Bertz CT molecular complexity index is 393. The van der Waals surface area contributed by atoms with Gasteiger partial charge in [0.25, 0.3) is 0 Å². The van der Waals surface area contributed by atoms with Crippen molar-refractivity contribution in [2.75, 3.05) is 6.54 Å². The minimum absolute atomic E-state index is 0.0211. The van der Waals surface area contributed by atoms with Crippen molar-refractivity contribution >= 4 is 0 Å². The molecule has 0 radical (unpaired) electrons. The summed E-state index contributed by atoms with van der Waals surface area (Å²) >= 11 is 0. The van der Waals surface area contributed by atoms with Crippen molar-refractivity contribution in [2.45, 2.75) is 72.8 Å². The van der Waals surface area contributed by atoms with Crippen molar-refractivity contribution in [3.63, 3.8) is 0 Å². The molecule has 3 nitrogen and oxygen atoms in total. The molecular weight excluding hydrogens is 234 g/mol. The van der Waals surface area contributed by atoms with Crippen LogP contribution in [0.5, 0.6) is 0 Å².